The van der Waals surface area contributed by atoms with Gasteiger partial charge in [-0.1, -0.05) is 109 Å². The van der Waals surface area contributed by atoms with Gasteiger partial charge in [-0.3, -0.25) is 43.6 Å². The van der Waals surface area contributed by atoms with Gasteiger partial charge in [0.1, 0.15) is 31.5 Å². The van der Waals surface area contributed by atoms with Crippen molar-refractivity contribution in [1.82, 2.24) is 33.8 Å². The largest absolute Gasteiger partial charge is 0.469 e. The van der Waals surface area contributed by atoms with E-state index >= 15 is 0 Å². The minimum atomic E-state index is -0.824. The number of hydrogen-bond acceptors (Lipinski definition) is 14. The zero-order chi connectivity index (χ0) is 52.3. The van der Waals surface area contributed by atoms with Gasteiger partial charge in [-0.25, -0.2) is 0 Å². The molecule has 1 saturated heterocycles. The molecule has 17 heteroatoms. The van der Waals surface area contributed by atoms with Crippen molar-refractivity contribution >= 4 is 11.9 Å². The van der Waals surface area contributed by atoms with Crippen LogP contribution in [0.5, 0.6) is 0 Å². The molecule has 0 aliphatic carbocycles. The van der Waals surface area contributed by atoms with E-state index in [2.05, 4.69) is 19.6 Å². The SMILES string of the molecule is COC(=O)CCC(C(=O)OC(C)(C)C)N1CCN(Cc2cccc(=O)n2OCc2ccccc2)CCN(Cc2cccc(=O)n2OCc2ccccc2)CCN(Cc2cccc(=O)n2OCc2ccccc2)CC1. The highest BCUT2D eigenvalue weighted by Crippen LogP contribution is 2.19. The lowest BCUT2D eigenvalue weighted by molar-refractivity contribution is -0.162. The lowest BCUT2D eigenvalue weighted by atomic mass is 10.1. The third-order valence-electron chi connectivity index (χ3n) is 12.6. The molecular formula is C57H69N7O10. The van der Waals surface area contributed by atoms with E-state index in [1.165, 1.54) is 39.5 Å². The molecule has 1 atom stereocenters. The predicted molar refractivity (Wildman–Crippen MR) is 281 cm³/mol. The van der Waals surface area contributed by atoms with Gasteiger partial charge in [-0.2, -0.15) is 0 Å². The number of carbonyl (C=O) groups excluding carboxylic acids is 2. The number of benzene rings is 3. The Morgan fingerprint density at radius 3 is 1.14 bits per heavy atom. The summed E-state index contributed by atoms with van der Waals surface area (Å²) in [7, 11) is 1.33. The Bertz CT molecular complexity index is 2770. The van der Waals surface area contributed by atoms with Crippen LogP contribution in [0.15, 0.2) is 160 Å². The fourth-order valence-corrected chi connectivity index (χ4v) is 8.69. The second-order valence-corrected chi connectivity index (χ2v) is 19.3. The van der Waals surface area contributed by atoms with Crippen LogP contribution in [0.25, 0.3) is 0 Å². The maximum atomic E-state index is 14.3. The van der Waals surface area contributed by atoms with E-state index in [1.54, 1.807) is 18.2 Å². The molecule has 0 radical (unpaired) electrons. The summed E-state index contributed by atoms with van der Waals surface area (Å²) in [5.41, 5.74) is 2.93. The summed E-state index contributed by atoms with van der Waals surface area (Å²) in [5.74, 6) is -0.903. The molecule has 0 spiro atoms. The number of ether oxygens (including phenoxy) is 2. The normalized spacial score (nSPS) is 15.0. The summed E-state index contributed by atoms with van der Waals surface area (Å²) < 4.78 is 15.1. The van der Waals surface area contributed by atoms with Crippen LogP contribution >= 0.6 is 0 Å². The van der Waals surface area contributed by atoms with Crippen LogP contribution in [-0.4, -0.2) is 117 Å². The van der Waals surface area contributed by atoms with Crippen molar-refractivity contribution in [2.75, 3.05) is 59.5 Å². The molecule has 3 aromatic carbocycles. The van der Waals surface area contributed by atoms with Gasteiger partial charge < -0.3 is 24.0 Å². The number of pyridine rings is 3. The smallest absolute Gasteiger partial charge is 0.323 e. The number of rotatable bonds is 20. The Morgan fingerprint density at radius 1 is 0.473 bits per heavy atom. The summed E-state index contributed by atoms with van der Waals surface area (Å²) in [6.07, 6.45) is 0.139. The first-order valence-electron chi connectivity index (χ1n) is 25.2. The minimum absolute atomic E-state index is 0.0109. The standard InChI is InChI=1S/C57H69N7O10/c1-57(2,3)74-56(69)51(29-30-55(68)70-4)61-37-35-59(40-49-24-15-27-53(66)63(49)72-43-46-19-10-6-11-20-46)33-31-58(39-48-23-14-26-52(65)62(48)71-42-45-17-8-5-9-18-45)32-34-60(36-38-61)41-50-25-16-28-54(67)64(50)73-44-47-21-12-7-13-22-47/h5-28,51H,29-44H2,1-4H3. The van der Waals surface area contributed by atoms with Gasteiger partial charge in [-0.05, 0) is 62.1 Å². The number of esters is 2. The van der Waals surface area contributed by atoms with Crippen molar-refractivity contribution in [1.29, 1.82) is 0 Å². The predicted octanol–water partition coefficient (Wildman–Crippen LogP) is 4.84. The topological polar surface area (TPSA) is 159 Å². The molecule has 1 unspecified atom stereocenters. The van der Waals surface area contributed by atoms with Crippen LogP contribution < -0.4 is 31.2 Å². The van der Waals surface area contributed by atoms with E-state index in [4.69, 9.17) is 24.0 Å². The Morgan fingerprint density at radius 2 is 0.811 bits per heavy atom. The molecule has 1 aliphatic heterocycles. The van der Waals surface area contributed by atoms with Crippen LogP contribution in [0.2, 0.25) is 0 Å². The first-order valence-corrected chi connectivity index (χ1v) is 25.2. The Hall–Kier alpha value is -7.31. The molecule has 6 aromatic rings. The molecule has 7 rings (SSSR count). The summed E-state index contributed by atoms with van der Waals surface area (Å²) in [4.78, 5) is 94.9. The molecule has 1 aliphatic rings. The fourth-order valence-electron chi connectivity index (χ4n) is 8.69. The first kappa shape index (κ1) is 54.5. The molecule has 0 amide bonds. The second-order valence-electron chi connectivity index (χ2n) is 19.3. The summed E-state index contributed by atoms with van der Waals surface area (Å²) in [6.45, 7) is 10.5. The summed E-state index contributed by atoms with van der Waals surface area (Å²) in [6, 6.07) is 43.3. The molecular weight excluding hydrogens is 943 g/mol. The Labute approximate surface area is 432 Å². The van der Waals surface area contributed by atoms with Crippen molar-refractivity contribution in [3.05, 3.63) is 210 Å². The third kappa shape index (κ3) is 16.6. The summed E-state index contributed by atoms with van der Waals surface area (Å²) >= 11 is 0. The van der Waals surface area contributed by atoms with Gasteiger partial charge in [-0.15, -0.1) is 14.2 Å². The van der Waals surface area contributed by atoms with Crippen LogP contribution in [0.3, 0.4) is 0 Å². The van der Waals surface area contributed by atoms with Gasteiger partial charge in [0.05, 0.1) is 24.2 Å². The van der Waals surface area contributed by atoms with Crippen LogP contribution in [-0.2, 0) is 58.5 Å². The third-order valence-corrected chi connectivity index (χ3v) is 12.6. The molecule has 1 fully saturated rings. The molecule has 17 nitrogen and oxygen atoms in total. The van der Waals surface area contributed by atoms with E-state index < -0.39 is 23.6 Å². The van der Waals surface area contributed by atoms with E-state index in [1.807, 2.05) is 130 Å². The van der Waals surface area contributed by atoms with Gasteiger partial charge >= 0.3 is 11.9 Å². The van der Waals surface area contributed by atoms with Crippen molar-refractivity contribution in [2.24, 2.45) is 0 Å². The number of carbonyl (C=O) groups is 2. The van der Waals surface area contributed by atoms with Crippen molar-refractivity contribution in [3.8, 4) is 0 Å². The fraction of sp³-hybridized carbons (Fsp3) is 0.386. The lowest BCUT2D eigenvalue weighted by Gasteiger charge is -2.37. The molecule has 0 bridgehead atoms. The monoisotopic (exact) mass is 1010 g/mol. The van der Waals surface area contributed by atoms with Crippen LogP contribution in [0.4, 0.5) is 0 Å². The van der Waals surface area contributed by atoms with E-state index in [-0.39, 0.29) is 49.3 Å². The van der Waals surface area contributed by atoms with Crippen molar-refractivity contribution < 1.29 is 33.6 Å². The van der Waals surface area contributed by atoms with Gasteiger partial charge in [0.25, 0.3) is 16.7 Å². The van der Waals surface area contributed by atoms with E-state index in [9.17, 15) is 24.0 Å². The first-order chi connectivity index (χ1) is 35.8. The molecule has 4 heterocycles. The number of nitrogens with zero attached hydrogens (tertiary/aromatic N) is 7. The van der Waals surface area contributed by atoms with Crippen LogP contribution in [0, 0.1) is 0 Å². The molecule has 0 saturated carbocycles. The van der Waals surface area contributed by atoms with E-state index in [0.29, 0.717) is 89.1 Å². The maximum absolute atomic E-state index is 14.3. The molecule has 3 aromatic heterocycles. The lowest BCUT2D eigenvalue weighted by Crippen LogP contribution is -2.51. The van der Waals surface area contributed by atoms with Crippen molar-refractivity contribution in [3.63, 3.8) is 0 Å². The average molecular weight is 1010 g/mol. The highest BCUT2D eigenvalue weighted by Gasteiger charge is 2.32. The highest BCUT2D eigenvalue weighted by atomic mass is 16.7. The maximum Gasteiger partial charge on any atom is 0.323 e. The molecule has 74 heavy (non-hydrogen) atoms. The van der Waals surface area contributed by atoms with Gasteiger partial charge in [0.2, 0.25) is 0 Å². The number of hydrogen-bond donors (Lipinski definition) is 0. The number of aromatic nitrogens is 3. The zero-order valence-electron chi connectivity index (χ0n) is 43.0. The molecule has 0 N–H and O–H groups in total. The summed E-state index contributed by atoms with van der Waals surface area (Å²) in [5, 5.41) is 0. The Balaban J connectivity index is 1.24. The van der Waals surface area contributed by atoms with Gasteiger partial charge in [0.15, 0.2) is 0 Å². The number of methoxy groups -OCH3 is 1. The second kappa shape index (κ2) is 27.1. The minimum Gasteiger partial charge on any atom is -0.469 e. The Kier molecular flexibility index (Phi) is 20.0. The van der Waals surface area contributed by atoms with E-state index in [0.717, 1.165) is 16.7 Å². The quantitative estimate of drug-likeness (QED) is 0.0957. The van der Waals surface area contributed by atoms with Gasteiger partial charge in [0, 0.05) is 96.6 Å². The van der Waals surface area contributed by atoms with Crippen LogP contribution in [0.1, 0.15) is 67.4 Å². The zero-order valence-corrected chi connectivity index (χ0v) is 43.0. The molecule has 392 valence electrons. The average Bonchev–Trinajstić information content (AvgIpc) is 3.38. The van der Waals surface area contributed by atoms with Crippen molar-refractivity contribution in [2.45, 2.75) is 84.7 Å². The highest BCUT2D eigenvalue weighted by molar-refractivity contribution is 5.77.